The number of piperazine rings is 1. The molecule has 2 aliphatic heterocycles. The van der Waals surface area contributed by atoms with Crippen LogP contribution >= 0.6 is 0 Å². The van der Waals surface area contributed by atoms with E-state index in [1.807, 2.05) is 41.4 Å². The predicted octanol–water partition coefficient (Wildman–Crippen LogP) is 3.51. The van der Waals surface area contributed by atoms with Gasteiger partial charge in [-0.15, -0.1) is 0 Å². The number of nitrogens with zero attached hydrogens (tertiary/aromatic N) is 5. The Morgan fingerprint density at radius 3 is 2.24 bits per heavy atom. The number of anilines is 4. The number of hydrogen-bond donors (Lipinski definition) is 1. The molecular formula is C23H33N5O4SSi. The fourth-order valence-corrected chi connectivity index (χ4v) is 8.77. The molecule has 1 amide bonds. The molecule has 34 heavy (non-hydrogen) atoms. The molecule has 11 heteroatoms. The van der Waals surface area contributed by atoms with Crippen LogP contribution in [0.4, 0.5) is 27.7 Å². The van der Waals surface area contributed by atoms with Gasteiger partial charge in [0.25, 0.3) is 0 Å². The molecule has 1 N–H and O–H groups in total. The van der Waals surface area contributed by atoms with Crippen molar-refractivity contribution in [1.82, 2.24) is 9.29 Å². The highest BCUT2D eigenvalue weighted by molar-refractivity contribution is 7.89. The Morgan fingerprint density at radius 1 is 0.971 bits per heavy atom. The zero-order valence-corrected chi connectivity index (χ0v) is 21.8. The van der Waals surface area contributed by atoms with E-state index in [0.717, 1.165) is 23.2 Å². The third-order valence-electron chi connectivity index (χ3n) is 6.36. The summed E-state index contributed by atoms with van der Waals surface area (Å²) in [6.07, 6.45) is 0.855. The number of carbonyl (C=O) groups is 1. The lowest BCUT2D eigenvalue weighted by atomic mass is 10.1. The van der Waals surface area contributed by atoms with Gasteiger partial charge >= 0.3 is 6.09 Å². The lowest BCUT2D eigenvalue weighted by molar-refractivity contribution is 0.201. The summed E-state index contributed by atoms with van der Waals surface area (Å²) in [6, 6.07) is 12.2. The van der Waals surface area contributed by atoms with Gasteiger partial charge in [0.05, 0.1) is 29.0 Å². The van der Waals surface area contributed by atoms with Gasteiger partial charge in [0.15, 0.2) is 0 Å². The monoisotopic (exact) mass is 503 g/mol. The van der Waals surface area contributed by atoms with Crippen LogP contribution in [0.15, 0.2) is 42.6 Å². The van der Waals surface area contributed by atoms with Gasteiger partial charge in [-0.2, -0.15) is 4.31 Å². The fourth-order valence-electron chi connectivity index (χ4n) is 4.31. The quantitative estimate of drug-likeness (QED) is 0.603. The van der Waals surface area contributed by atoms with E-state index >= 15 is 0 Å². The molecule has 1 aromatic carbocycles. The van der Waals surface area contributed by atoms with Crippen molar-refractivity contribution in [3.05, 3.63) is 42.6 Å². The van der Waals surface area contributed by atoms with E-state index in [-0.39, 0.29) is 5.75 Å². The molecule has 1 aromatic heterocycles. The van der Waals surface area contributed by atoms with Gasteiger partial charge < -0.3 is 14.9 Å². The number of sulfonamides is 1. The molecule has 1 saturated heterocycles. The van der Waals surface area contributed by atoms with Crippen molar-refractivity contribution < 1.29 is 18.3 Å². The zero-order valence-electron chi connectivity index (χ0n) is 20.0. The average Bonchev–Trinajstić information content (AvgIpc) is 2.82. The van der Waals surface area contributed by atoms with Crippen LogP contribution in [-0.4, -0.2) is 82.0 Å². The van der Waals surface area contributed by atoms with Crippen LogP contribution < -0.4 is 14.7 Å². The van der Waals surface area contributed by atoms with Gasteiger partial charge in [-0.1, -0.05) is 31.8 Å². The van der Waals surface area contributed by atoms with Crippen molar-refractivity contribution in [2.75, 3.05) is 59.7 Å². The molecule has 0 aliphatic carbocycles. The van der Waals surface area contributed by atoms with Crippen LogP contribution in [-0.2, 0) is 10.0 Å². The van der Waals surface area contributed by atoms with Crippen LogP contribution in [0, 0.1) is 0 Å². The van der Waals surface area contributed by atoms with Gasteiger partial charge in [0.1, 0.15) is 5.82 Å². The first-order chi connectivity index (χ1) is 16.0. The number of pyridine rings is 1. The van der Waals surface area contributed by atoms with E-state index in [1.54, 1.807) is 10.4 Å². The standard InChI is InChI=1S/C23H33N5O4SSi/c1-34(2,3)17-16-33(31,32)26-12-10-25(11-13-26)19-8-9-22(24-18-19)27-14-15-28(23(29)30)21-7-5-4-6-20(21)27/h4-9,18H,10-17H2,1-3H3,(H,29,30). The van der Waals surface area contributed by atoms with Crippen molar-refractivity contribution in [2.45, 2.75) is 25.7 Å². The first-order valence-electron chi connectivity index (χ1n) is 11.6. The Morgan fingerprint density at radius 2 is 1.65 bits per heavy atom. The van der Waals surface area contributed by atoms with Crippen LogP contribution in [0.1, 0.15) is 0 Å². The minimum atomic E-state index is -3.21. The number of fused-ring (bicyclic) bond motifs is 1. The molecule has 184 valence electrons. The second-order valence-electron chi connectivity index (χ2n) is 9.96. The smallest absolute Gasteiger partial charge is 0.411 e. The van der Waals surface area contributed by atoms with Crippen LogP contribution in [0.5, 0.6) is 0 Å². The third-order valence-corrected chi connectivity index (χ3v) is 10.3. The van der Waals surface area contributed by atoms with Crippen molar-refractivity contribution >= 4 is 47.1 Å². The molecule has 9 nitrogen and oxygen atoms in total. The first kappa shape index (κ1) is 24.5. The molecule has 0 atom stereocenters. The summed E-state index contributed by atoms with van der Waals surface area (Å²) in [6.45, 7) is 9.71. The van der Waals surface area contributed by atoms with E-state index in [4.69, 9.17) is 0 Å². The molecule has 1 fully saturated rings. The summed E-state index contributed by atoms with van der Waals surface area (Å²) in [7, 11) is -4.62. The topological polar surface area (TPSA) is 97.3 Å². The second kappa shape index (κ2) is 9.55. The van der Waals surface area contributed by atoms with Gasteiger partial charge in [-0.25, -0.2) is 18.2 Å². The van der Waals surface area contributed by atoms with Gasteiger partial charge in [-0.05, 0) is 30.3 Å². The molecule has 0 bridgehead atoms. The molecule has 0 saturated carbocycles. The van der Waals surface area contributed by atoms with Crippen molar-refractivity contribution in [1.29, 1.82) is 0 Å². The van der Waals surface area contributed by atoms with E-state index in [0.29, 0.717) is 45.0 Å². The maximum Gasteiger partial charge on any atom is 0.411 e. The highest BCUT2D eigenvalue weighted by Gasteiger charge is 2.30. The lowest BCUT2D eigenvalue weighted by Gasteiger charge is -2.37. The van der Waals surface area contributed by atoms with Crippen LogP contribution in [0.25, 0.3) is 0 Å². The maximum absolute atomic E-state index is 12.7. The summed E-state index contributed by atoms with van der Waals surface area (Å²) in [5.74, 6) is 1.00. The average molecular weight is 504 g/mol. The summed E-state index contributed by atoms with van der Waals surface area (Å²) < 4.78 is 27.1. The molecule has 0 radical (unpaired) electrons. The van der Waals surface area contributed by atoms with Crippen LogP contribution in [0.2, 0.25) is 25.7 Å². The van der Waals surface area contributed by atoms with E-state index < -0.39 is 24.2 Å². The molecule has 2 aliphatic rings. The van der Waals surface area contributed by atoms with E-state index in [1.165, 1.54) is 4.90 Å². The summed E-state index contributed by atoms with van der Waals surface area (Å²) in [5, 5.41) is 9.50. The Balaban J connectivity index is 1.41. The summed E-state index contributed by atoms with van der Waals surface area (Å²) in [4.78, 5) is 21.8. The Bertz CT molecular complexity index is 1130. The van der Waals surface area contributed by atoms with Gasteiger partial charge in [0.2, 0.25) is 10.0 Å². The van der Waals surface area contributed by atoms with Crippen molar-refractivity contribution in [2.24, 2.45) is 0 Å². The molecule has 3 heterocycles. The second-order valence-corrected chi connectivity index (χ2v) is 17.7. The lowest BCUT2D eigenvalue weighted by Crippen LogP contribution is -2.49. The molecule has 0 spiro atoms. The fraction of sp³-hybridized carbons (Fsp3) is 0.478. The predicted molar refractivity (Wildman–Crippen MR) is 139 cm³/mol. The Labute approximate surface area is 202 Å². The number of rotatable bonds is 6. The molecule has 0 unspecified atom stereocenters. The summed E-state index contributed by atoms with van der Waals surface area (Å²) >= 11 is 0. The number of hydrogen-bond acceptors (Lipinski definition) is 6. The minimum Gasteiger partial charge on any atom is -0.465 e. The molecule has 2 aromatic rings. The summed E-state index contributed by atoms with van der Waals surface area (Å²) in [5.41, 5.74) is 2.42. The van der Waals surface area contributed by atoms with Gasteiger partial charge in [-0.3, -0.25) is 4.90 Å². The minimum absolute atomic E-state index is 0.246. The SMILES string of the molecule is C[Si](C)(C)CCS(=O)(=O)N1CCN(c2ccc(N3CCN(C(=O)O)c4ccccc43)nc2)CC1. The number of aromatic nitrogens is 1. The number of para-hydroxylation sites is 2. The highest BCUT2D eigenvalue weighted by atomic mass is 32.2. The normalized spacial score (nSPS) is 17.6. The van der Waals surface area contributed by atoms with E-state index in [9.17, 15) is 18.3 Å². The number of benzene rings is 1. The molecular weight excluding hydrogens is 470 g/mol. The first-order valence-corrected chi connectivity index (χ1v) is 16.9. The van der Waals surface area contributed by atoms with E-state index in [2.05, 4.69) is 29.5 Å². The highest BCUT2D eigenvalue weighted by Crippen LogP contribution is 2.37. The van der Waals surface area contributed by atoms with Gasteiger partial charge in [0, 0.05) is 47.3 Å². The largest absolute Gasteiger partial charge is 0.465 e. The van der Waals surface area contributed by atoms with Crippen LogP contribution in [0.3, 0.4) is 0 Å². The Kier molecular flexibility index (Phi) is 6.88. The zero-order chi connectivity index (χ0) is 24.5. The number of amides is 1. The Hall–Kier alpha value is -2.63. The number of carboxylic acid groups (broad SMARTS) is 1. The maximum atomic E-state index is 12.7. The third kappa shape index (κ3) is 5.37. The molecule has 4 rings (SSSR count). The van der Waals surface area contributed by atoms with Crippen molar-refractivity contribution in [3.63, 3.8) is 0 Å². The van der Waals surface area contributed by atoms with Crippen molar-refractivity contribution in [3.8, 4) is 0 Å².